The van der Waals surface area contributed by atoms with E-state index in [0.29, 0.717) is 116 Å². The number of aliphatic carboxylic acids is 4. The molecule has 0 saturated heterocycles. The van der Waals surface area contributed by atoms with E-state index in [4.69, 9.17) is 54.7 Å². The number of hydrogen-bond acceptors (Lipinski definition) is 26. The smallest absolute Gasteiger partial charge is 0.407 e. The number of aromatic amines is 2. The predicted octanol–water partition coefficient (Wildman–Crippen LogP) is 15.9. The van der Waals surface area contributed by atoms with Crippen LogP contribution in [0.4, 0.5) is 14.4 Å². The minimum atomic E-state index is -1.05. The van der Waals surface area contributed by atoms with Crippen molar-refractivity contribution in [1.82, 2.24) is 41.9 Å². The maximum absolute atomic E-state index is 13.9. The number of carbonyl (C=O) groups is 12. The van der Waals surface area contributed by atoms with Crippen LogP contribution in [0.25, 0.3) is 21.8 Å². The molecule has 0 aliphatic heterocycles. The lowest BCUT2D eigenvalue weighted by atomic mass is 9.90. The highest BCUT2D eigenvalue weighted by Gasteiger charge is 2.33. The van der Waals surface area contributed by atoms with E-state index < -0.39 is 113 Å². The Kier molecular flexibility index (Phi) is 64.1. The number of ketones is 3. The van der Waals surface area contributed by atoms with Crippen molar-refractivity contribution in [1.29, 1.82) is 0 Å². The first-order valence-corrected chi connectivity index (χ1v) is 49.6. The van der Waals surface area contributed by atoms with Crippen LogP contribution in [0.3, 0.4) is 0 Å². The quantitative estimate of drug-likeness (QED) is 0.00728. The Hall–Kier alpha value is -13.4. The summed E-state index contributed by atoms with van der Waals surface area (Å²) in [6.07, 6.45) is 18.0. The molecule has 0 fully saturated rings. The van der Waals surface area contributed by atoms with Crippen LogP contribution in [0.2, 0.25) is 0 Å². The minimum Gasteiger partial charge on any atom is -0.481 e. The van der Waals surface area contributed by atoms with Gasteiger partial charge < -0.3 is 92.1 Å². The van der Waals surface area contributed by atoms with E-state index in [2.05, 4.69) is 84.7 Å². The van der Waals surface area contributed by atoms with Gasteiger partial charge in [0.05, 0.1) is 37.6 Å². The van der Waals surface area contributed by atoms with Crippen LogP contribution in [-0.4, -0.2) is 213 Å². The van der Waals surface area contributed by atoms with E-state index in [1.165, 1.54) is 18.2 Å². The summed E-state index contributed by atoms with van der Waals surface area (Å²) in [5.41, 5.74) is 17.7. The molecule has 35 nitrogen and oxygen atoms in total. The molecule has 2 aromatic heterocycles. The summed E-state index contributed by atoms with van der Waals surface area (Å²) in [5, 5.41) is 57.8. The van der Waals surface area contributed by atoms with E-state index in [1.54, 1.807) is 33.9 Å². The molecule has 0 radical (unpaired) electrons. The normalized spacial score (nSPS) is 12.7. The number of hydrogen-bond donors (Lipinski definition) is 14. The summed E-state index contributed by atoms with van der Waals surface area (Å²) >= 11 is 0. The van der Waals surface area contributed by atoms with Crippen LogP contribution in [0.5, 0.6) is 0 Å². The number of rotatable bonds is 56. The molecule has 8 aromatic rings. The van der Waals surface area contributed by atoms with E-state index in [9.17, 15) is 72.9 Å². The van der Waals surface area contributed by atoms with E-state index in [-0.39, 0.29) is 74.2 Å². The zero-order valence-corrected chi connectivity index (χ0v) is 86.5. The number of amides is 3. The second-order valence-electron chi connectivity index (χ2n) is 37.7. The van der Waals surface area contributed by atoms with Gasteiger partial charge in [0.25, 0.3) is 0 Å². The molecule has 16 N–H and O–H groups in total. The first kappa shape index (κ1) is 128. The number of carboxylic acid groups (broad SMARTS) is 4. The molecule has 3 amide bonds. The number of carboxylic acids is 4. The molecule has 0 bridgehead atoms. The highest BCUT2D eigenvalue weighted by Crippen LogP contribution is 2.28. The first-order chi connectivity index (χ1) is 69.0. The number of para-hydroxylation sites is 2. The van der Waals surface area contributed by atoms with Crippen molar-refractivity contribution in [2.75, 3.05) is 39.9 Å². The molecule has 8 rings (SSSR count). The van der Waals surface area contributed by atoms with Crippen LogP contribution in [0, 0.1) is 11.8 Å². The fourth-order valence-corrected chi connectivity index (χ4v) is 15.1. The average Bonchev–Trinajstić information content (AvgIpc) is 1.69. The lowest BCUT2D eigenvalue weighted by Gasteiger charge is -2.26. The molecule has 3 unspecified atom stereocenters. The number of nitrogens with one attached hydrogen (secondary N) is 8. The van der Waals surface area contributed by atoms with Gasteiger partial charge >= 0.3 is 66.4 Å². The van der Waals surface area contributed by atoms with Crippen molar-refractivity contribution in [3.63, 3.8) is 0 Å². The number of benzene rings is 6. The number of methoxy groups -OCH3 is 1. The number of alkyl carbamates (subject to hydrolysis) is 3. The summed E-state index contributed by atoms with van der Waals surface area (Å²) in [5.74, 6) is -7.24. The first-order valence-electron chi connectivity index (χ1n) is 49.6. The van der Waals surface area contributed by atoms with E-state index in [1.807, 2.05) is 193 Å². The largest absolute Gasteiger partial charge is 0.481 e. The Balaban J connectivity index is 0.000000632. The van der Waals surface area contributed by atoms with Gasteiger partial charge in [-0.25, -0.2) is 19.2 Å². The third kappa shape index (κ3) is 58.8. The molecule has 0 aliphatic carbocycles. The molecule has 9 atom stereocenters. The zero-order chi connectivity index (χ0) is 108. The number of fused-ring (bicyclic) bond motifs is 2. The lowest BCUT2D eigenvalue weighted by Crippen LogP contribution is -2.48. The Morgan fingerprint density at radius 1 is 0.393 bits per heavy atom. The number of ether oxygens (including phenoxy) is 5. The number of aryl methyl sites for hydroxylation is 4. The van der Waals surface area contributed by atoms with Crippen molar-refractivity contribution in [3.05, 3.63) is 216 Å². The van der Waals surface area contributed by atoms with Gasteiger partial charge in [-0.1, -0.05) is 178 Å². The number of aromatic nitrogens is 2. The Morgan fingerprint density at radius 3 is 1.08 bits per heavy atom. The highest BCUT2D eigenvalue weighted by molar-refractivity contribution is 6.33. The number of nitrogens with two attached hydrogens (primary N) is 2. The molecule has 0 spiro atoms. The van der Waals surface area contributed by atoms with Crippen molar-refractivity contribution in [2.45, 2.75) is 309 Å². The molecule has 145 heavy (non-hydrogen) atoms. The fourth-order valence-electron chi connectivity index (χ4n) is 15.1. The van der Waals surface area contributed by atoms with Crippen molar-refractivity contribution in [3.8, 4) is 0 Å². The Labute approximate surface area is 851 Å². The zero-order valence-electron chi connectivity index (χ0n) is 86.5. The van der Waals surface area contributed by atoms with Crippen LogP contribution < -0.4 is 43.4 Å². The Morgan fingerprint density at radius 2 is 0.724 bits per heavy atom. The van der Waals surface area contributed by atoms with Gasteiger partial charge in [-0.3, -0.25) is 43.7 Å². The van der Waals surface area contributed by atoms with Crippen LogP contribution in [0.1, 0.15) is 245 Å². The third-order valence-electron chi connectivity index (χ3n) is 22.5. The molecule has 0 saturated carbocycles. The van der Waals surface area contributed by atoms with Crippen molar-refractivity contribution in [2.24, 2.45) is 23.3 Å². The van der Waals surface area contributed by atoms with Gasteiger partial charge in [0.1, 0.15) is 34.9 Å². The lowest BCUT2D eigenvalue weighted by molar-refractivity contribution is -0.193. The van der Waals surface area contributed by atoms with Crippen molar-refractivity contribution < 1.29 is 121 Å². The van der Waals surface area contributed by atoms with Gasteiger partial charge in [-0.15, -0.1) is 0 Å². The number of H-pyrrole nitrogens is 2. The van der Waals surface area contributed by atoms with Crippen LogP contribution >= 0.6 is 0 Å². The van der Waals surface area contributed by atoms with Gasteiger partial charge in [-0.05, 0) is 263 Å². The second-order valence-corrected chi connectivity index (χ2v) is 37.7. The van der Waals surface area contributed by atoms with Gasteiger partial charge in [-0.2, -0.15) is 19.2 Å². The fraction of sp³-hybridized carbons (Fsp3) is 0.509. The standard InChI is InChI=1S/C35H49N3O5.C28H35N3O5.C22H36N2O4.C12H14O3.C11H22N2O4.2CO2/c1-6-28(20-19-25-14-8-7-9-15-25)38-31(18-12-13-21-36-34(41)43-35(2,3)4)32(39)23-26(33(40)42-5)22-27-24-37-30-17-11-10-16-29(27)30;29-15-7-6-12-24(31-25(28(35)36)14-13-19-8-2-1-3-9-19)26(32)17-20(27(33)34)16-21-18-30-23-11-5-4-10-22(21)23;1-5-18(15-14-17-11-7-6-8-12-17)24-19(20(25)26)13-9-10-16-23-21(27)28-22(2,3)4;1-2-15-12(14)11(13)9-8-10-6-4-3-5-7-10;1-11(2,3)17-10(16)13-7-5-4-6-8(12)9(14)15;2*2-1-3/h7-11,14-17,24,26,28,31,37-38H,6,12-13,18-23H2,1-5H3,(H,36,41);1-5,8-11,18,20,24-25,30-31H,6-7,12-17,29H2,(H,33,34)(H,35,36);6-8,11-12,18-19,24H,5,9-10,13-16H2,1-4H3,(H,23,27)(H,25,26);3-7H,2,8-9H2,1H3;8H,4-7,12H2,1-3H3,(H,13,16)(H,14,15);;/t26-,28?,31+;20-,24+,25?;18?,19-;;8-;;/m110.0../s1. The van der Waals surface area contributed by atoms with Crippen LogP contribution in [-0.2, 0) is 125 Å². The summed E-state index contributed by atoms with van der Waals surface area (Å²) in [6.45, 7) is 24.3. The number of esters is 2. The van der Waals surface area contributed by atoms with E-state index in [0.717, 1.165) is 95.4 Å². The summed E-state index contributed by atoms with van der Waals surface area (Å²) in [4.78, 5) is 182. The number of Topliss-reactive ketones (excluding diaryl/α,β-unsaturated/α-hetero) is 3. The predicted molar refractivity (Wildman–Crippen MR) is 551 cm³/mol. The molecule has 6 aromatic carbocycles. The Bertz CT molecular complexity index is 5150. The molecule has 2 heterocycles. The minimum absolute atomic E-state index is 0.00787. The van der Waals surface area contributed by atoms with Gasteiger partial charge in [0.15, 0.2) is 11.6 Å². The average molecular weight is 2020 g/mol. The molecule has 0 aliphatic rings. The molecule has 796 valence electrons. The topological polar surface area (TPSA) is 556 Å². The molecular weight excluding hydrogens is 1860 g/mol. The number of unbranched alkanes of at least 4 members (excludes halogenated alkanes) is 4. The maximum atomic E-state index is 13.9. The van der Waals surface area contributed by atoms with Gasteiger partial charge in [0.2, 0.25) is 5.78 Å². The van der Waals surface area contributed by atoms with Crippen LogP contribution in [0.15, 0.2) is 182 Å². The monoisotopic (exact) mass is 2020 g/mol. The highest BCUT2D eigenvalue weighted by atomic mass is 16.6. The molecular formula is C110H156N10O25. The van der Waals surface area contributed by atoms with Crippen molar-refractivity contribution >= 4 is 106 Å². The van der Waals surface area contributed by atoms with E-state index >= 15 is 0 Å². The third-order valence-corrected chi connectivity index (χ3v) is 22.5. The summed E-state index contributed by atoms with van der Waals surface area (Å²) in [6, 6.07) is 52.2. The van der Waals surface area contributed by atoms with Gasteiger partial charge in [0, 0.05) is 85.2 Å². The molecule has 35 heteroatoms. The second kappa shape index (κ2) is 72.8. The maximum Gasteiger partial charge on any atom is 0.407 e. The number of carbonyl (C=O) groups excluding carboxylic acids is 12. The summed E-state index contributed by atoms with van der Waals surface area (Å²) < 4.78 is 25.3. The summed E-state index contributed by atoms with van der Waals surface area (Å²) in [7, 11) is 1.37. The SMILES string of the molecule is CC(C)(C)OC(=O)NCCCC[C@H](N)C(=O)O.CCC(CCc1ccccc1)N[C@@H](CCCCNC(=O)OC(C)(C)C)C(=O)C[C@@H](Cc1c[nH]c2ccccc12)C(=O)OC.CCC(CCc1ccccc1)N[C@@H](CCCCNC(=O)OC(C)(C)C)C(=O)O.CCOC(=O)C(=O)CCc1ccccc1.NCCCC[C@H](NC(CCc1ccccc1)C(=O)O)C(=O)C[C@@H](Cc1c[nH]c2ccccc12)C(=O)O.O=C=O.O=C=O.